The SMILES string of the molecule is O=C(C[n+]1ccc(C(=O)c2ccccc2)cc1)Nc1ccc(OC(F)F)cc1.[Cl-]. The fourth-order valence-electron chi connectivity index (χ4n) is 2.56. The van der Waals surface area contributed by atoms with Gasteiger partial charge in [0.15, 0.2) is 18.2 Å². The number of rotatable bonds is 7. The molecule has 0 radical (unpaired) electrons. The average molecular weight is 419 g/mol. The number of alkyl halides is 2. The number of ether oxygens (including phenoxy) is 1. The quantitative estimate of drug-likeness (QED) is 0.448. The molecule has 3 aromatic rings. The van der Waals surface area contributed by atoms with Crippen molar-refractivity contribution in [2.75, 3.05) is 5.32 Å². The normalized spacial score (nSPS) is 10.2. The van der Waals surface area contributed by atoms with Crippen LogP contribution in [0.1, 0.15) is 15.9 Å². The standard InChI is InChI=1S/C21H16F2N2O3.ClH/c22-21(23)28-18-8-6-17(7-9-18)24-19(26)14-25-12-10-16(11-13-25)20(27)15-4-2-1-3-5-15;/h1-13,21H,14H2;1H. The van der Waals surface area contributed by atoms with Gasteiger partial charge in [0.05, 0.1) is 0 Å². The summed E-state index contributed by atoms with van der Waals surface area (Å²) in [6.45, 7) is -2.86. The Bertz CT molecular complexity index is 950. The van der Waals surface area contributed by atoms with Crippen LogP contribution >= 0.6 is 0 Å². The molecule has 0 aliphatic rings. The van der Waals surface area contributed by atoms with Gasteiger partial charge in [-0.25, -0.2) is 0 Å². The van der Waals surface area contributed by atoms with Crippen LogP contribution in [0, 0.1) is 0 Å². The maximum Gasteiger partial charge on any atom is 0.387 e. The number of hydrogen-bond acceptors (Lipinski definition) is 3. The van der Waals surface area contributed by atoms with Gasteiger partial charge in [-0.3, -0.25) is 9.59 Å². The van der Waals surface area contributed by atoms with Crippen molar-refractivity contribution in [3.8, 4) is 5.75 Å². The van der Waals surface area contributed by atoms with Gasteiger partial charge in [-0.15, -0.1) is 0 Å². The van der Waals surface area contributed by atoms with Crippen molar-refractivity contribution in [3.05, 3.63) is 90.3 Å². The molecule has 0 aliphatic carbocycles. The molecule has 0 fully saturated rings. The van der Waals surface area contributed by atoms with Crippen LogP contribution < -0.4 is 27.0 Å². The topological polar surface area (TPSA) is 59.3 Å². The second kappa shape index (κ2) is 10.3. The molecule has 0 bridgehead atoms. The minimum Gasteiger partial charge on any atom is -1.00 e. The van der Waals surface area contributed by atoms with Crippen molar-refractivity contribution in [3.63, 3.8) is 0 Å². The first kappa shape index (κ1) is 22.0. The molecule has 5 nitrogen and oxygen atoms in total. The summed E-state index contributed by atoms with van der Waals surface area (Å²) in [5.41, 5.74) is 1.58. The Balaban J connectivity index is 0.00000300. The van der Waals surface area contributed by atoms with Crippen LogP contribution in [0.15, 0.2) is 79.1 Å². The van der Waals surface area contributed by atoms with Gasteiger partial charge in [0.25, 0.3) is 5.91 Å². The van der Waals surface area contributed by atoms with Gasteiger partial charge in [0, 0.05) is 28.9 Å². The third kappa shape index (κ3) is 6.36. The first-order valence-electron chi connectivity index (χ1n) is 8.45. The van der Waals surface area contributed by atoms with Crippen LogP contribution in [0.5, 0.6) is 5.75 Å². The molecule has 1 amide bonds. The lowest BCUT2D eigenvalue weighted by atomic mass is 10.0. The Morgan fingerprint density at radius 2 is 1.48 bits per heavy atom. The minimum atomic E-state index is -2.89. The molecule has 0 unspecified atom stereocenters. The molecular formula is C21H17ClF2N2O3. The van der Waals surface area contributed by atoms with Gasteiger partial charge in [-0.1, -0.05) is 30.3 Å². The number of carbonyl (C=O) groups excluding carboxylic acids is 2. The van der Waals surface area contributed by atoms with Crippen LogP contribution in [-0.2, 0) is 11.3 Å². The summed E-state index contributed by atoms with van der Waals surface area (Å²) in [6, 6.07) is 17.9. The summed E-state index contributed by atoms with van der Waals surface area (Å²) < 4.78 is 30.1. The smallest absolute Gasteiger partial charge is 0.387 e. The summed E-state index contributed by atoms with van der Waals surface area (Å²) in [4.78, 5) is 24.5. The second-order valence-corrected chi connectivity index (χ2v) is 5.91. The van der Waals surface area contributed by atoms with E-state index in [1.54, 1.807) is 53.4 Å². The minimum absolute atomic E-state index is 0. The van der Waals surface area contributed by atoms with E-state index in [0.717, 1.165) is 0 Å². The number of amides is 1. The van der Waals surface area contributed by atoms with Crippen molar-refractivity contribution < 1.29 is 40.1 Å². The number of nitrogens with zero attached hydrogens (tertiary/aromatic N) is 1. The molecular weight excluding hydrogens is 402 g/mol. The van der Waals surface area contributed by atoms with Gasteiger partial charge >= 0.3 is 6.61 Å². The summed E-state index contributed by atoms with van der Waals surface area (Å²) >= 11 is 0. The Morgan fingerprint density at radius 1 is 0.897 bits per heavy atom. The van der Waals surface area contributed by atoms with E-state index in [1.807, 2.05) is 6.07 Å². The number of pyridine rings is 1. The third-order valence-corrected chi connectivity index (χ3v) is 3.88. The highest BCUT2D eigenvalue weighted by Crippen LogP contribution is 2.17. The molecule has 2 aromatic carbocycles. The molecule has 1 N–H and O–H groups in total. The first-order chi connectivity index (χ1) is 13.5. The van der Waals surface area contributed by atoms with Crippen molar-refractivity contribution in [1.29, 1.82) is 0 Å². The predicted molar refractivity (Wildman–Crippen MR) is 98.2 cm³/mol. The van der Waals surface area contributed by atoms with E-state index < -0.39 is 6.61 Å². The molecule has 0 spiro atoms. The Labute approximate surface area is 172 Å². The van der Waals surface area contributed by atoms with E-state index in [-0.39, 0.29) is 36.4 Å². The number of ketones is 1. The van der Waals surface area contributed by atoms with Crippen LogP contribution in [0.25, 0.3) is 0 Å². The van der Waals surface area contributed by atoms with E-state index in [9.17, 15) is 18.4 Å². The highest BCUT2D eigenvalue weighted by atomic mass is 35.5. The number of carbonyl (C=O) groups is 2. The lowest BCUT2D eigenvalue weighted by Gasteiger charge is -2.06. The number of aromatic nitrogens is 1. The lowest BCUT2D eigenvalue weighted by Crippen LogP contribution is -3.00. The maximum atomic E-state index is 12.4. The van der Waals surface area contributed by atoms with Crippen LogP contribution in [-0.4, -0.2) is 18.3 Å². The molecule has 0 saturated carbocycles. The van der Waals surface area contributed by atoms with E-state index in [0.29, 0.717) is 16.8 Å². The molecule has 0 aliphatic heterocycles. The predicted octanol–water partition coefficient (Wildman–Crippen LogP) is 0.449. The summed E-state index contributed by atoms with van der Waals surface area (Å²) in [7, 11) is 0. The maximum absolute atomic E-state index is 12.4. The molecule has 3 rings (SSSR count). The zero-order chi connectivity index (χ0) is 19.9. The summed E-state index contributed by atoms with van der Waals surface area (Å²) in [6.07, 6.45) is 3.30. The van der Waals surface area contributed by atoms with E-state index >= 15 is 0 Å². The number of hydrogen-bond donors (Lipinski definition) is 1. The van der Waals surface area contributed by atoms with Gasteiger partial charge < -0.3 is 22.5 Å². The first-order valence-corrected chi connectivity index (χ1v) is 8.45. The van der Waals surface area contributed by atoms with Crippen molar-refractivity contribution in [1.82, 2.24) is 0 Å². The zero-order valence-corrected chi connectivity index (χ0v) is 15.9. The highest BCUT2D eigenvalue weighted by molar-refractivity contribution is 6.08. The monoisotopic (exact) mass is 418 g/mol. The number of nitrogens with one attached hydrogen (secondary N) is 1. The van der Waals surface area contributed by atoms with Crippen molar-refractivity contribution >= 4 is 17.4 Å². The van der Waals surface area contributed by atoms with Gasteiger partial charge in [-0.05, 0) is 24.3 Å². The second-order valence-electron chi connectivity index (χ2n) is 5.91. The molecule has 1 heterocycles. The molecule has 0 saturated heterocycles. The average Bonchev–Trinajstić information content (AvgIpc) is 2.70. The van der Waals surface area contributed by atoms with Gasteiger partial charge in [-0.2, -0.15) is 13.3 Å². The van der Waals surface area contributed by atoms with Crippen LogP contribution in [0.2, 0.25) is 0 Å². The number of anilines is 1. The third-order valence-electron chi connectivity index (χ3n) is 3.88. The highest BCUT2D eigenvalue weighted by Gasteiger charge is 2.13. The summed E-state index contributed by atoms with van der Waals surface area (Å²) in [5, 5.41) is 2.66. The molecule has 1 aromatic heterocycles. The zero-order valence-electron chi connectivity index (χ0n) is 15.1. The Morgan fingerprint density at radius 3 is 2.07 bits per heavy atom. The molecule has 29 heavy (non-hydrogen) atoms. The van der Waals surface area contributed by atoms with E-state index in [2.05, 4.69) is 10.1 Å². The molecule has 150 valence electrons. The largest absolute Gasteiger partial charge is 1.00 e. The molecule has 8 heteroatoms. The molecule has 0 atom stereocenters. The van der Waals surface area contributed by atoms with Crippen LogP contribution in [0.4, 0.5) is 14.5 Å². The van der Waals surface area contributed by atoms with E-state index in [4.69, 9.17) is 0 Å². The van der Waals surface area contributed by atoms with E-state index in [1.165, 1.54) is 24.3 Å². The number of halogens is 3. The Kier molecular flexibility index (Phi) is 7.79. The van der Waals surface area contributed by atoms with Crippen molar-refractivity contribution in [2.45, 2.75) is 13.2 Å². The van der Waals surface area contributed by atoms with Crippen molar-refractivity contribution in [2.24, 2.45) is 0 Å². The lowest BCUT2D eigenvalue weighted by molar-refractivity contribution is -0.684. The van der Waals surface area contributed by atoms with Crippen LogP contribution in [0.3, 0.4) is 0 Å². The van der Waals surface area contributed by atoms with Gasteiger partial charge in [0.2, 0.25) is 6.54 Å². The summed E-state index contributed by atoms with van der Waals surface area (Å²) in [5.74, 6) is -0.376. The number of benzene rings is 2. The Hall–Kier alpha value is -3.32. The fraction of sp³-hybridized carbons (Fsp3) is 0.0952. The van der Waals surface area contributed by atoms with Gasteiger partial charge in [0.1, 0.15) is 5.75 Å². The fourth-order valence-corrected chi connectivity index (χ4v) is 2.56.